The molecule has 1 amide bonds. The Labute approximate surface area is 142 Å². The summed E-state index contributed by atoms with van der Waals surface area (Å²) in [5.41, 5.74) is 3.79. The van der Waals surface area contributed by atoms with Crippen molar-refractivity contribution in [1.29, 1.82) is 0 Å². The molecule has 4 aromatic heterocycles. The van der Waals surface area contributed by atoms with Crippen LogP contribution in [-0.2, 0) is 6.54 Å². The predicted octanol–water partition coefficient (Wildman–Crippen LogP) is 3.39. The van der Waals surface area contributed by atoms with Crippen LogP contribution in [0, 0.1) is 0 Å². The Balaban J connectivity index is 1.70. The highest BCUT2D eigenvalue weighted by Gasteiger charge is 2.20. The van der Waals surface area contributed by atoms with Gasteiger partial charge in [-0.1, -0.05) is 12.1 Å². The van der Waals surface area contributed by atoms with Crippen molar-refractivity contribution in [3.63, 3.8) is 0 Å². The summed E-state index contributed by atoms with van der Waals surface area (Å²) in [7, 11) is 0. The molecule has 0 fully saturated rings. The minimum atomic E-state index is -0.203. The van der Waals surface area contributed by atoms with E-state index in [0.29, 0.717) is 12.2 Å². The number of nitrogens with zero attached hydrogens (tertiary/aromatic N) is 3. The molecule has 0 saturated carbocycles. The van der Waals surface area contributed by atoms with Gasteiger partial charge in [-0.05, 0) is 35.7 Å². The largest absolute Gasteiger partial charge is 0.345 e. The zero-order chi connectivity index (χ0) is 16.4. The highest BCUT2D eigenvalue weighted by Crippen LogP contribution is 2.27. The third-order valence-corrected chi connectivity index (χ3v) is 4.38. The average Bonchev–Trinajstić information content (AvgIpc) is 3.27. The van der Waals surface area contributed by atoms with E-state index in [2.05, 4.69) is 15.3 Å². The average molecular weight is 334 g/mol. The molecule has 24 heavy (non-hydrogen) atoms. The fourth-order valence-corrected chi connectivity index (χ4v) is 3.23. The third-order valence-electron chi connectivity index (χ3n) is 3.70. The number of fused-ring (bicyclic) bond motifs is 1. The summed E-state index contributed by atoms with van der Waals surface area (Å²) in [5.74, 6) is -0.203. The predicted molar refractivity (Wildman–Crippen MR) is 93.9 cm³/mol. The SMILES string of the molecule is O=C(NCc1ccccn1)c1nc2ccccn2c1-c1ccsc1. The van der Waals surface area contributed by atoms with Gasteiger partial charge >= 0.3 is 0 Å². The van der Waals surface area contributed by atoms with Crippen molar-refractivity contribution in [2.45, 2.75) is 6.54 Å². The first kappa shape index (κ1) is 14.6. The van der Waals surface area contributed by atoms with Gasteiger partial charge in [-0.15, -0.1) is 0 Å². The van der Waals surface area contributed by atoms with E-state index in [1.165, 1.54) is 0 Å². The molecule has 0 bridgehead atoms. The second kappa shape index (κ2) is 6.25. The number of carbonyl (C=O) groups excluding carboxylic acids is 1. The van der Waals surface area contributed by atoms with E-state index in [4.69, 9.17) is 0 Å². The summed E-state index contributed by atoms with van der Waals surface area (Å²) in [6.45, 7) is 0.372. The maximum Gasteiger partial charge on any atom is 0.272 e. The quantitative estimate of drug-likeness (QED) is 0.622. The molecule has 0 aliphatic heterocycles. The maximum absolute atomic E-state index is 12.7. The van der Waals surface area contributed by atoms with Gasteiger partial charge in [-0.3, -0.25) is 14.2 Å². The van der Waals surface area contributed by atoms with Gasteiger partial charge in [0.1, 0.15) is 5.65 Å². The number of carbonyl (C=O) groups is 1. The van der Waals surface area contributed by atoms with Crippen molar-refractivity contribution in [3.05, 3.63) is 77.0 Å². The van der Waals surface area contributed by atoms with E-state index in [-0.39, 0.29) is 5.91 Å². The van der Waals surface area contributed by atoms with Crippen molar-refractivity contribution in [2.75, 3.05) is 0 Å². The van der Waals surface area contributed by atoms with Crippen molar-refractivity contribution in [1.82, 2.24) is 19.7 Å². The van der Waals surface area contributed by atoms with E-state index < -0.39 is 0 Å². The maximum atomic E-state index is 12.7. The van der Waals surface area contributed by atoms with Crippen LogP contribution in [0.1, 0.15) is 16.2 Å². The summed E-state index contributed by atoms with van der Waals surface area (Å²) < 4.78 is 1.94. The Kier molecular flexibility index (Phi) is 3.80. The van der Waals surface area contributed by atoms with Crippen molar-refractivity contribution < 1.29 is 4.79 Å². The third kappa shape index (κ3) is 2.68. The lowest BCUT2D eigenvalue weighted by atomic mass is 10.2. The first-order valence-corrected chi connectivity index (χ1v) is 8.45. The van der Waals surface area contributed by atoms with Crippen molar-refractivity contribution >= 4 is 22.9 Å². The number of thiophene rings is 1. The number of rotatable bonds is 4. The topological polar surface area (TPSA) is 59.3 Å². The van der Waals surface area contributed by atoms with Gasteiger partial charge in [0.05, 0.1) is 17.9 Å². The molecule has 4 heterocycles. The van der Waals surface area contributed by atoms with Crippen LogP contribution in [0.4, 0.5) is 0 Å². The highest BCUT2D eigenvalue weighted by molar-refractivity contribution is 7.08. The molecule has 0 radical (unpaired) electrons. The summed E-state index contributed by atoms with van der Waals surface area (Å²) in [6, 6.07) is 13.4. The first-order valence-electron chi connectivity index (χ1n) is 7.51. The molecule has 0 atom stereocenters. The number of amides is 1. The fraction of sp³-hybridized carbons (Fsp3) is 0.0556. The molecule has 0 aromatic carbocycles. The van der Waals surface area contributed by atoms with Gasteiger partial charge in [-0.2, -0.15) is 11.3 Å². The monoisotopic (exact) mass is 334 g/mol. The second-order valence-corrected chi connectivity index (χ2v) is 6.03. The van der Waals surface area contributed by atoms with Gasteiger partial charge in [0.25, 0.3) is 5.91 Å². The van der Waals surface area contributed by atoms with Crippen LogP contribution in [0.2, 0.25) is 0 Å². The van der Waals surface area contributed by atoms with E-state index in [9.17, 15) is 4.79 Å². The molecular weight excluding hydrogens is 320 g/mol. The molecule has 0 spiro atoms. The summed E-state index contributed by atoms with van der Waals surface area (Å²) >= 11 is 1.59. The molecule has 1 N–H and O–H groups in total. The van der Waals surface area contributed by atoms with Crippen LogP contribution >= 0.6 is 11.3 Å². The molecular formula is C18H14N4OS. The minimum Gasteiger partial charge on any atom is -0.345 e. The summed E-state index contributed by atoms with van der Waals surface area (Å²) in [6.07, 6.45) is 3.63. The summed E-state index contributed by atoms with van der Waals surface area (Å²) in [4.78, 5) is 21.4. The van der Waals surface area contributed by atoms with Crippen LogP contribution < -0.4 is 5.32 Å². The lowest BCUT2D eigenvalue weighted by Gasteiger charge is -2.05. The molecule has 0 saturated heterocycles. The molecule has 5 nitrogen and oxygen atoms in total. The number of aromatic nitrogens is 3. The number of imidazole rings is 1. The Hall–Kier alpha value is -2.99. The smallest absolute Gasteiger partial charge is 0.272 e. The van der Waals surface area contributed by atoms with Crippen LogP contribution in [0.3, 0.4) is 0 Å². The number of pyridine rings is 2. The fourth-order valence-electron chi connectivity index (χ4n) is 2.59. The van der Waals surface area contributed by atoms with E-state index in [0.717, 1.165) is 22.6 Å². The van der Waals surface area contributed by atoms with Gasteiger partial charge in [-0.25, -0.2) is 4.98 Å². The molecule has 4 aromatic rings. The Bertz CT molecular complexity index is 977. The molecule has 0 aliphatic carbocycles. The second-order valence-electron chi connectivity index (χ2n) is 5.25. The van der Waals surface area contributed by atoms with Crippen LogP contribution in [0.5, 0.6) is 0 Å². The normalized spacial score (nSPS) is 10.8. The first-order chi connectivity index (χ1) is 11.8. The van der Waals surface area contributed by atoms with Gasteiger partial charge in [0.15, 0.2) is 5.69 Å². The van der Waals surface area contributed by atoms with Crippen molar-refractivity contribution in [2.24, 2.45) is 0 Å². The van der Waals surface area contributed by atoms with Gasteiger partial charge < -0.3 is 5.32 Å². The van der Waals surface area contributed by atoms with Crippen molar-refractivity contribution in [3.8, 4) is 11.3 Å². The zero-order valence-electron chi connectivity index (χ0n) is 12.7. The van der Waals surface area contributed by atoms with E-state index >= 15 is 0 Å². The van der Waals surface area contributed by atoms with Gasteiger partial charge in [0, 0.05) is 23.3 Å². The number of hydrogen-bond donors (Lipinski definition) is 1. The minimum absolute atomic E-state index is 0.203. The Morgan fingerprint density at radius 2 is 2.08 bits per heavy atom. The molecule has 0 unspecified atom stereocenters. The highest BCUT2D eigenvalue weighted by atomic mass is 32.1. The molecule has 6 heteroatoms. The summed E-state index contributed by atoms with van der Waals surface area (Å²) in [5, 5.41) is 6.92. The standard InChI is InChI=1S/C18H14N4OS/c23-18(20-11-14-5-1-3-8-19-14)16-17(13-7-10-24-12-13)22-9-4-2-6-15(22)21-16/h1-10,12H,11H2,(H,20,23). The van der Waals surface area contributed by atoms with E-state index in [1.54, 1.807) is 17.5 Å². The molecule has 118 valence electrons. The van der Waals surface area contributed by atoms with E-state index in [1.807, 2.05) is 63.8 Å². The Morgan fingerprint density at radius 1 is 1.17 bits per heavy atom. The van der Waals surface area contributed by atoms with Crippen LogP contribution in [0.25, 0.3) is 16.9 Å². The Morgan fingerprint density at radius 3 is 2.88 bits per heavy atom. The lowest BCUT2D eigenvalue weighted by Crippen LogP contribution is -2.24. The number of hydrogen-bond acceptors (Lipinski definition) is 4. The molecule has 0 aliphatic rings. The number of nitrogens with one attached hydrogen (secondary N) is 1. The van der Waals surface area contributed by atoms with Crippen LogP contribution in [-0.4, -0.2) is 20.3 Å². The zero-order valence-corrected chi connectivity index (χ0v) is 13.5. The molecule has 4 rings (SSSR count). The lowest BCUT2D eigenvalue weighted by molar-refractivity contribution is 0.0946. The van der Waals surface area contributed by atoms with Crippen LogP contribution in [0.15, 0.2) is 65.6 Å². The van der Waals surface area contributed by atoms with Gasteiger partial charge in [0.2, 0.25) is 0 Å².